The molecule has 144 valence electrons. The van der Waals surface area contributed by atoms with Gasteiger partial charge in [-0.3, -0.25) is 0 Å². The first-order chi connectivity index (χ1) is 14.6. The largest absolute Gasteiger partial charge is 0.347 e. The molecule has 2 aromatic heterocycles. The van der Waals surface area contributed by atoms with Crippen LogP contribution in [0.25, 0.3) is 38.2 Å². The van der Waals surface area contributed by atoms with Crippen molar-refractivity contribution < 1.29 is 4.57 Å². The molecule has 0 saturated heterocycles. The number of imidazole rings is 1. The predicted molar refractivity (Wildman–Crippen MR) is 124 cm³/mol. The van der Waals surface area contributed by atoms with Gasteiger partial charge in [0.2, 0.25) is 0 Å². The lowest BCUT2D eigenvalue weighted by atomic mass is 10.0. The minimum Gasteiger partial charge on any atom is -0.240 e. The molecular formula is C26H19N2OS+. The summed E-state index contributed by atoms with van der Waals surface area (Å²) >= 11 is 1.74. The number of rotatable bonds is 2. The summed E-state index contributed by atoms with van der Waals surface area (Å²) in [6, 6.07) is 27.1. The van der Waals surface area contributed by atoms with E-state index in [0.29, 0.717) is 0 Å². The molecule has 6 rings (SSSR count). The number of aromatic nitrogens is 2. The molecule has 0 fully saturated rings. The summed E-state index contributed by atoms with van der Waals surface area (Å²) in [5.74, 6) is 0. The number of pyridine rings is 1. The fourth-order valence-corrected chi connectivity index (χ4v) is 5.51. The molecule has 0 N–H and O–H groups in total. The Hall–Kier alpha value is -3.37. The van der Waals surface area contributed by atoms with Crippen molar-refractivity contribution in [3.05, 3.63) is 94.8 Å². The Morgan fingerprint density at radius 3 is 2.47 bits per heavy atom. The SMILES string of the molecule is Cc1ccc2c(c1)n1c(=O)c3cccc4c(Sc5ccccc5)ccc(c43)c1[n+]2C. The van der Waals surface area contributed by atoms with E-state index in [-0.39, 0.29) is 5.56 Å². The van der Waals surface area contributed by atoms with Crippen LogP contribution in [0.4, 0.5) is 0 Å². The third-order valence-electron chi connectivity index (χ3n) is 5.91. The van der Waals surface area contributed by atoms with E-state index in [2.05, 4.69) is 72.2 Å². The maximum Gasteiger partial charge on any atom is 0.347 e. The molecule has 0 aliphatic rings. The highest BCUT2D eigenvalue weighted by molar-refractivity contribution is 7.99. The van der Waals surface area contributed by atoms with Crippen LogP contribution in [0, 0.1) is 6.92 Å². The second-order valence-corrected chi connectivity index (χ2v) is 8.89. The number of hydrogen-bond donors (Lipinski definition) is 0. The molecule has 0 aliphatic carbocycles. The molecule has 0 saturated carbocycles. The Labute approximate surface area is 177 Å². The molecule has 0 unspecified atom stereocenters. The van der Waals surface area contributed by atoms with Crippen molar-refractivity contribution >= 4 is 50.0 Å². The van der Waals surface area contributed by atoms with Crippen LogP contribution in [0.5, 0.6) is 0 Å². The molecule has 6 aromatic rings. The Kier molecular flexibility index (Phi) is 3.68. The van der Waals surface area contributed by atoms with Crippen LogP contribution in [-0.4, -0.2) is 4.40 Å². The third-order valence-corrected chi connectivity index (χ3v) is 6.99. The minimum absolute atomic E-state index is 0.0427. The van der Waals surface area contributed by atoms with Gasteiger partial charge in [0.25, 0.3) is 5.65 Å². The van der Waals surface area contributed by atoms with E-state index in [9.17, 15) is 4.79 Å². The van der Waals surface area contributed by atoms with Crippen LogP contribution in [0.1, 0.15) is 5.56 Å². The van der Waals surface area contributed by atoms with E-state index < -0.39 is 0 Å². The summed E-state index contributed by atoms with van der Waals surface area (Å²) in [5.41, 5.74) is 4.16. The van der Waals surface area contributed by atoms with Gasteiger partial charge >= 0.3 is 5.56 Å². The Bertz CT molecular complexity index is 1650. The topological polar surface area (TPSA) is 25.4 Å². The molecule has 0 aliphatic heterocycles. The molecule has 2 heterocycles. The number of hydrogen-bond acceptors (Lipinski definition) is 2. The van der Waals surface area contributed by atoms with Crippen LogP contribution in [0.3, 0.4) is 0 Å². The van der Waals surface area contributed by atoms with Crippen LogP contribution in [0.2, 0.25) is 0 Å². The zero-order valence-electron chi connectivity index (χ0n) is 16.7. The zero-order chi connectivity index (χ0) is 20.4. The maximum absolute atomic E-state index is 13.6. The van der Waals surface area contributed by atoms with Gasteiger partial charge in [-0.05, 0) is 60.3 Å². The van der Waals surface area contributed by atoms with E-state index >= 15 is 0 Å². The van der Waals surface area contributed by atoms with Crippen LogP contribution >= 0.6 is 11.8 Å². The van der Waals surface area contributed by atoms with Crippen LogP contribution < -0.4 is 10.1 Å². The lowest BCUT2D eigenvalue weighted by molar-refractivity contribution is -0.617. The molecule has 30 heavy (non-hydrogen) atoms. The van der Waals surface area contributed by atoms with Crippen molar-refractivity contribution in [1.29, 1.82) is 0 Å². The smallest absolute Gasteiger partial charge is 0.240 e. The van der Waals surface area contributed by atoms with Crippen molar-refractivity contribution in [3.8, 4) is 0 Å². The highest BCUT2D eigenvalue weighted by atomic mass is 32.2. The van der Waals surface area contributed by atoms with Crippen molar-refractivity contribution in [3.63, 3.8) is 0 Å². The second-order valence-electron chi connectivity index (χ2n) is 7.77. The summed E-state index contributed by atoms with van der Waals surface area (Å²) in [6.45, 7) is 2.06. The maximum atomic E-state index is 13.6. The van der Waals surface area contributed by atoms with E-state index in [0.717, 1.165) is 48.7 Å². The first-order valence-electron chi connectivity index (χ1n) is 9.98. The summed E-state index contributed by atoms with van der Waals surface area (Å²) in [5, 5.41) is 4.05. The monoisotopic (exact) mass is 407 g/mol. The van der Waals surface area contributed by atoms with Gasteiger partial charge in [-0.15, -0.1) is 0 Å². The van der Waals surface area contributed by atoms with Gasteiger partial charge in [-0.2, -0.15) is 4.40 Å². The number of nitrogens with zero attached hydrogens (tertiary/aromatic N) is 2. The molecule has 0 spiro atoms. The molecular weight excluding hydrogens is 388 g/mol. The molecule has 3 nitrogen and oxygen atoms in total. The molecule has 0 bridgehead atoms. The Morgan fingerprint density at radius 2 is 1.63 bits per heavy atom. The summed E-state index contributed by atoms with van der Waals surface area (Å²) in [4.78, 5) is 16.0. The lowest BCUT2D eigenvalue weighted by Gasteiger charge is -2.09. The number of aryl methyl sites for hydroxylation is 2. The highest BCUT2D eigenvalue weighted by Crippen LogP contribution is 2.38. The number of fused-ring (bicyclic) bond motifs is 4. The average molecular weight is 408 g/mol. The van der Waals surface area contributed by atoms with E-state index in [1.165, 1.54) is 4.90 Å². The first kappa shape index (κ1) is 17.5. The van der Waals surface area contributed by atoms with E-state index in [1.54, 1.807) is 11.8 Å². The van der Waals surface area contributed by atoms with E-state index in [1.807, 2.05) is 29.6 Å². The van der Waals surface area contributed by atoms with Crippen molar-refractivity contribution in [1.82, 2.24) is 4.40 Å². The molecule has 4 aromatic carbocycles. The van der Waals surface area contributed by atoms with Gasteiger partial charge in [0.15, 0.2) is 11.0 Å². The first-order valence-corrected chi connectivity index (χ1v) is 10.8. The van der Waals surface area contributed by atoms with Gasteiger partial charge in [-0.1, -0.05) is 48.2 Å². The summed E-state index contributed by atoms with van der Waals surface area (Å²) in [7, 11) is 2.04. The second kappa shape index (κ2) is 6.31. The summed E-state index contributed by atoms with van der Waals surface area (Å²) < 4.78 is 4.02. The minimum atomic E-state index is 0.0427. The lowest BCUT2D eigenvalue weighted by Crippen LogP contribution is -2.29. The normalized spacial score (nSPS) is 11.9. The highest BCUT2D eigenvalue weighted by Gasteiger charge is 2.25. The fraction of sp³-hybridized carbons (Fsp3) is 0.0769. The van der Waals surface area contributed by atoms with Crippen LogP contribution in [-0.2, 0) is 7.05 Å². The zero-order valence-corrected chi connectivity index (χ0v) is 17.5. The standard InChI is InChI=1S/C26H19N2OS/c1-16-11-13-21-22(15-16)28-25(27(21)2)19-12-14-23(30-17-7-4-3-5-8-17)18-9-6-10-20(24(18)19)26(28)29/h3-15H,1-2H3/q+1. The van der Waals surface area contributed by atoms with Gasteiger partial charge in [0, 0.05) is 15.2 Å². The fourth-order valence-electron chi connectivity index (χ4n) is 4.55. The average Bonchev–Trinajstić information content (AvgIpc) is 3.05. The third kappa shape index (κ3) is 2.34. The van der Waals surface area contributed by atoms with Crippen molar-refractivity contribution in [2.45, 2.75) is 16.7 Å². The van der Waals surface area contributed by atoms with Crippen molar-refractivity contribution in [2.75, 3.05) is 0 Å². The van der Waals surface area contributed by atoms with E-state index in [4.69, 9.17) is 0 Å². The molecule has 0 amide bonds. The molecule has 0 radical (unpaired) electrons. The Balaban J connectivity index is 1.78. The molecule has 4 heteroatoms. The van der Waals surface area contributed by atoms with Gasteiger partial charge in [-0.25, -0.2) is 9.36 Å². The molecule has 0 atom stereocenters. The van der Waals surface area contributed by atoms with Gasteiger partial charge in [0.05, 0.1) is 17.8 Å². The Morgan fingerprint density at radius 1 is 0.833 bits per heavy atom. The van der Waals surface area contributed by atoms with Crippen molar-refractivity contribution in [2.24, 2.45) is 7.05 Å². The predicted octanol–water partition coefficient (Wildman–Crippen LogP) is 5.48. The van der Waals surface area contributed by atoms with Gasteiger partial charge in [0.1, 0.15) is 0 Å². The number of benzene rings is 4. The van der Waals surface area contributed by atoms with Crippen LogP contribution in [0.15, 0.2) is 93.4 Å². The van der Waals surface area contributed by atoms with Gasteiger partial charge < -0.3 is 0 Å². The quantitative estimate of drug-likeness (QED) is 0.355. The summed E-state index contributed by atoms with van der Waals surface area (Å²) in [6.07, 6.45) is 0.